The summed E-state index contributed by atoms with van der Waals surface area (Å²) in [5.41, 5.74) is 0.153. The van der Waals surface area contributed by atoms with Crippen LogP contribution in [0.25, 0.3) is 0 Å². The fourth-order valence-electron chi connectivity index (χ4n) is 2.35. The van der Waals surface area contributed by atoms with Crippen molar-refractivity contribution in [1.29, 1.82) is 0 Å². The van der Waals surface area contributed by atoms with E-state index >= 15 is 0 Å². The number of nitrogens with one attached hydrogen (secondary N) is 1. The average Bonchev–Trinajstić information content (AvgIpc) is 2.64. The third-order valence-electron chi connectivity index (χ3n) is 3.30. The number of nitrogens with zero attached hydrogens (tertiary/aromatic N) is 2. The van der Waals surface area contributed by atoms with E-state index in [4.69, 9.17) is 0 Å². The van der Waals surface area contributed by atoms with Gasteiger partial charge in [0.05, 0.1) is 0 Å². The Kier molecular flexibility index (Phi) is 3.83. The molecule has 1 aliphatic heterocycles. The van der Waals surface area contributed by atoms with E-state index in [0.717, 1.165) is 32.6 Å². The topological polar surface area (TPSA) is 39.0 Å². The van der Waals surface area contributed by atoms with Gasteiger partial charge in [0, 0.05) is 25.5 Å². The zero-order valence-corrected chi connectivity index (χ0v) is 9.98. The van der Waals surface area contributed by atoms with Gasteiger partial charge in [-0.1, -0.05) is 6.92 Å². The fraction of sp³-hybridized carbons (Fsp3) is 0.750. The van der Waals surface area contributed by atoms with E-state index in [2.05, 4.69) is 12.2 Å². The predicted octanol–water partition coefficient (Wildman–Crippen LogP) is 1.06. The minimum Gasteiger partial charge on any atom is -0.317 e. The normalized spacial score (nSPS) is 17.8. The zero-order chi connectivity index (χ0) is 11.4. The molecular formula is C12H21N3O. The molecule has 0 unspecified atom stereocenters. The predicted molar refractivity (Wildman–Crippen MR) is 64.6 cm³/mol. The highest BCUT2D eigenvalue weighted by Crippen LogP contribution is 2.13. The monoisotopic (exact) mass is 223 g/mol. The first-order valence-electron chi connectivity index (χ1n) is 6.27. The minimum atomic E-state index is 0.153. The lowest BCUT2D eigenvalue weighted by atomic mass is 9.98. The average molecular weight is 223 g/mol. The molecule has 90 valence electrons. The summed E-state index contributed by atoms with van der Waals surface area (Å²) in [5.74, 6) is 0.663. The second-order valence-electron chi connectivity index (χ2n) is 4.62. The maximum atomic E-state index is 11.9. The van der Waals surface area contributed by atoms with Crippen LogP contribution in [-0.4, -0.2) is 22.2 Å². The first-order valence-corrected chi connectivity index (χ1v) is 6.27. The second-order valence-corrected chi connectivity index (χ2v) is 4.62. The highest BCUT2D eigenvalue weighted by molar-refractivity contribution is 4.83. The van der Waals surface area contributed by atoms with E-state index in [1.54, 1.807) is 4.57 Å². The molecule has 0 aliphatic carbocycles. The zero-order valence-electron chi connectivity index (χ0n) is 9.98. The van der Waals surface area contributed by atoms with Gasteiger partial charge in [0.1, 0.15) is 0 Å². The Hall–Kier alpha value is -1.03. The summed E-state index contributed by atoms with van der Waals surface area (Å²) in [6, 6.07) is 0. The van der Waals surface area contributed by atoms with Crippen molar-refractivity contribution in [3.63, 3.8) is 0 Å². The lowest BCUT2D eigenvalue weighted by molar-refractivity contribution is 0.328. The SMILES string of the molecule is CCCn1ccn(CC2CCNCC2)c1=O. The van der Waals surface area contributed by atoms with Gasteiger partial charge in [-0.05, 0) is 38.3 Å². The van der Waals surface area contributed by atoms with Crippen LogP contribution >= 0.6 is 0 Å². The van der Waals surface area contributed by atoms with Gasteiger partial charge in [-0.25, -0.2) is 4.79 Å². The van der Waals surface area contributed by atoms with Crippen LogP contribution in [0.4, 0.5) is 0 Å². The quantitative estimate of drug-likeness (QED) is 0.829. The number of hydrogen-bond donors (Lipinski definition) is 1. The summed E-state index contributed by atoms with van der Waals surface area (Å²) < 4.78 is 3.67. The number of imidazole rings is 1. The Morgan fingerprint density at radius 3 is 2.69 bits per heavy atom. The van der Waals surface area contributed by atoms with Crippen LogP contribution in [-0.2, 0) is 13.1 Å². The molecule has 2 heterocycles. The van der Waals surface area contributed by atoms with Crippen molar-refractivity contribution in [2.45, 2.75) is 39.3 Å². The lowest BCUT2D eigenvalue weighted by Gasteiger charge is -2.22. The lowest BCUT2D eigenvalue weighted by Crippen LogP contribution is -2.33. The van der Waals surface area contributed by atoms with Gasteiger partial charge in [-0.15, -0.1) is 0 Å². The highest BCUT2D eigenvalue weighted by Gasteiger charge is 2.14. The first kappa shape index (κ1) is 11.5. The van der Waals surface area contributed by atoms with Crippen molar-refractivity contribution >= 4 is 0 Å². The second kappa shape index (κ2) is 5.34. The summed E-state index contributed by atoms with van der Waals surface area (Å²) >= 11 is 0. The van der Waals surface area contributed by atoms with Crippen molar-refractivity contribution in [1.82, 2.24) is 14.5 Å². The number of aryl methyl sites for hydroxylation is 1. The Morgan fingerprint density at radius 1 is 1.31 bits per heavy atom. The van der Waals surface area contributed by atoms with Crippen LogP contribution in [0.1, 0.15) is 26.2 Å². The molecule has 0 saturated carbocycles. The van der Waals surface area contributed by atoms with E-state index in [9.17, 15) is 4.79 Å². The molecule has 1 N–H and O–H groups in total. The number of rotatable bonds is 4. The largest absolute Gasteiger partial charge is 0.328 e. The molecule has 0 amide bonds. The first-order chi connectivity index (χ1) is 7.81. The van der Waals surface area contributed by atoms with Crippen molar-refractivity contribution < 1.29 is 0 Å². The van der Waals surface area contributed by atoms with Crippen molar-refractivity contribution in [2.75, 3.05) is 13.1 Å². The van der Waals surface area contributed by atoms with E-state index in [0.29, 0.717) is 5.92 Å². The molecule has 16 heavy (non-hydrogen) atoms. The molecule has 2 rings (SSSR count). The van der Waals surface area contributed by atoms with Crippen LogP contribution in [0, 0.1) is 5.92 Å². The van der Waals surface area contributed by atoms with Crippen molar-refractivity contribution in [3.05, 3.63) is 22.9 Å². The van der Waals surface area contributed by atoms with Crippen LogP contribution < -0.4 is 11.0 Å². The van der Waals surface area contributed by atoms with Gasteiger partial charge >= 0.3 is 5.69 Å². The van der Waals surface area contributed by atoms with E-state index < -0.39 is 0 Å². The maximum absolute atomic E-state index is 11.9. The molecule has 1 fully saturated rings. The highest BCUT2D eigenvalue weighted by atomic mass is 16.1. The molecule has 0 bridgehead atoms. The third-order valence-corrected chi connectivity index (χ3v) is 3.30. The number of hydrogen-bond acceptors (Lipinski definition) is 2. The van der Waals surface area contributed by atoms with Crippen LogP contribution in [0.2, 0.25) is 0 Å². The van der Waals surface area contributed by atoms with Gasteiger partial charge < -0.3 is 5.32 Å². The van der Waals surface area contributed by atoms with Crippen LogP contribution in [0.15, 0.2) is 17.2 Å². The van der Waals surface area contributed by atoms with Crippen molar-refractivity contribution in [3.8, 4) is 0 Å². The standard InChI is InChI=1S/C12H21N3O/c1-2-7-14-8-9-15(12(14)16)10-11-3-5-13-6-4-11/h8-9,11,13H,2-7,10H2,1H3. The molecular weight excluding hydrogens is 202 g/mol. The van der Waals surface area contributed by atoms with Gasteiger partial charge in [0.25, 0.3) is 0 Å². The molecule has 1 saturated heterocycles. The fourth-order valence-corrected chi connectivity index (χ4v) is 2.35. The molecule has 4 nitrogen and oxygen atoms in total. The van der Waals surface area contributed by atoms with Crippen LogP contribution in [0.5, 0.6) is 0 Å². The van der Waals surface area contributed by atoms with Gasteiger partial charge in [-0.2, -0.15) is 0 Å². The molecule has 4 heteroatoms. The molecule has 0 aromatic carbocycles. The Bertz CT molecular complexity index is 374. The Labute approximate surface area is 96.3 Å². The summed E-state index contributed by atoms with van der Waals surface area (Å²) in [5, 5.41) is 3.35. The number of aromatic nitrogens is 2. The molecule has 1 aromatic heterocycles. The van der Waals surface area contributed by atoms with Gasteiger partial charge in [0.15, 0.2) is 0 Å². The Morgan fingerprint density at radius 2 is 2.00 bits per heavy atom. The van der Waals surface area contributed by atoms with Gasteiger partial charge in [-0.3, -0.25) is 9.13 Å². The van der Waals surface area contributed by atoms with Gasteiger partial charge in [0.2, 0.25) is 0 Å². The molecule has 1 aliphatic rings. The molecule has 0 radical (unpaired) electrons. The Balaban J connectivity index is 2.00. The van der Waals surface area contributed by atoms with Crippen LogP contribution in [0.3, 0.4) is 0 Å². The van der Waals surface area contributed by atoms with E-state index in [-0.39, 0.29) is 5.69 Å². The molecule has 1 aromatic rings. The maximum Gasteiger partial charge on any atom is 0.328 e. The van der Waals surface area contributed by atoms with Crippen molar-refractivity contribution in [2.24, 2.45) is 5.92 Å². The number of piperidine rings is 1. The summed E-state index contributed by atoms with van der Waals surface area (Å²) in [7, 11) is 0. The summed E-state index contributed by atoms with van der Waals surface area (Å²) in [6.07, 6.45) is 7.22. The van der Waals surface area contributed by atoms with E-state index in [1.807, 2.05) is 17.0 Å². The summed E-state index contributed by atoms with van der Waals surface area (Å²) in [6.45, 7) is 6.00. The summed E-state index contributed by atoms with van der Waals surface area (Å²) in [4.78, 5) is 11.9. The molecule has 0 spiro atoms. The smallest absolute Gasteiger partial charge is 0.317 e. The minimum absolute atomic E-state index is 0.153. The molecule has 0 atom stereocenters. The van der Waals surface area contributed by atoms with E-state index in [1.165, 1.54) is 12.8 Å². The third kappa shape index (κ3) is 2.55.